The van der Waals surface area contributed by atoms with Crippen molar-refractivity contribution in [2.45, 2.75) is 33.1 Å². The standard InChI is InChI=1S/C23H32NO2.BrH/c1-4-17-24(5-2,6-3)18-19-26-23(25)22(20-13-9-7-10-14-20)21-15-11-8-12-16-21;/h7-16,22H,4-6,17-19H2,1-3H3;1H/q+1;/p-1. The van der Waals surface area contributed by atoms with Crippen LogP contribution in [0.15, 0.2) is 60.7 Å². The van der Waals surface area contributed by atoms with E-state index >= 15 is 0 Å². The summed E-state index contributed by atoms with van der Waals surface area (Å²) < 4.78 is 6.77. The third kappa shape index (κ3) is 6.47. The predicted octanol–water partition coefficient (Wildman–Crippen LogP) is 1.63. The van der Waals surface area contributed by atoms with Crippen LogP contribution in [0.2, 0.25) is 0 Å². The van der Waals surface area contributed by atoms with Gasteiger partial charge in [-0.3, -0.25) is 4.79 Å². The van der Waals surface area contributed by atoms with Crippen LogP contribution in [0.4, 0.5) is 0 Å². The van der Waals surface area contributed by atoms with Crippen LogP contribution in [-0.4, -0.2) is 43.2 Å². The van der Waals surface area contributed by atoms with Crippen LogP contribution in [-0.2, 0) is 9.53 Å². The topological polar surface area (TPSA) is 26.3 Å². The van der Waals surface area contributed by atoms with Gasteiger partial charge in [0.1, 0.15) is 19.1 Å². The SMILES string of the molecule is CCC[N+](CC)(CC)CCOC(=O)C(c1ccccc1)c1ccccc1.[Br-]. The van der Waals surface area contributed by atoms with Crippen molar-refractivity contribution >= 4 is 5.97 Å². The van der Waals surface area contributed by atoms with Crippen molar-refractivity contribution in [2.24, 2.45) is 0 Å². The van der Waals surface area contributed by atoms with Crippen LogP contribution >= 0.6 is 0 Å². The molecule has 0 N–H and O–H groups in total. The first-order valence-corrected chi connectivity index (χ1v) is 9.77. The minimum Gasteiger partial charge on any atom is -1.00 e. The number of ether oxygens (including phenoxy) is 1. The summed E-state index contributed by atoms with van der Waals surface area (Å²) in [4.78, 5) is 12.9. The van der Waals surface area contributed by atoms with E-state index in [1.54, 1.807) is 0 Å². The maximum absolute atomic E-state index is 12.9. The summed E-state index contributed by atoms with van der Waals surface area (Å²) in [7, 11) is 0. The summed E-state index contributed by atoms with van der Waals surface area (Å²) in [5.41, 5.74) is 1.95. The predicted molar refractivity (Wildman–Crippen MR) is 107 cm³/mol. The number of esters is 1. The van der Waals surface area contributed by atoms with E-state index in [-0.39, 0.29) is 28.9 Å². The second kappa shape index (κ2) is 11.9. The first-order chi connectivity index (χ1) is 12.7. The average molecular weight is 434 g/mol. The summed E-state index contributed by atoms with van der Waals surface area (Å²) in [6.07, 6.45) is 1.15. The quantitative estimate of drug-likeness (QED) is 0.420. The molecular formula is C23H32BrNO2. The molecule has 2 aromatic rings. The highest BCUT2D eigenvalue weighted by molar-refractivity contribution is 5.82. The summed E-state index contributed by atoms with van der Waals surface area (Å²) in [6, 6.07) is 19.8. The lowest BCUT2D eigenvalue weighted by molar-refractivity contribution is -0.925. The number of nitrogens with zero attached hydrogens (tertiary/aromatic N) is 1. The monoisotopic (exact) mass is 433 g/mol. The molecule has 0 aliphatic carbocycles. The molecule has 148 valence electrons. The van der Waals surface area contributed by atoms with Crippen LogP contribution in [0.25, 0.3) is 0 Å². The molecule has 0 amide bonds. The Morgan fingerprint density at radius 3 is 1.74 bits per heavy atom. The first kappa shape index (κ1) is 23.4. The molecule has 0 radical (unpaired) electrons. The molecule has 0 fully saturated rings. The average Bonchev–Trinajstić information content (AvgIpc) is 2.69. The Kier molecular flexibility index (Phi) is 10.3. The highest BCUT2D eigenvalue weighted by Crippen LogP contribution is 2.26. The Morgan fingerprint density at radius 2 is 1.33 bits per heavy atom. The van der Waals surface area contributed by atoms with Crippen molar-refractivity contribution in [3.8, 4) is 0 Å². The minimum atomic E-state index is -0.367. The van der Waals surface area contributed by atoms with E-state index in [9.17, 15) is 4.79 Å². The van der Waals surface area contributed by atoms with Gasteiger partial charge in [0.25, 0.3) is 0 Å². The summed E-state index contributed by atoms with van der Waals surface area (Å²) in [6.45, 7) is 11.3. The third-order valence-corrected chi connectivity index (χ3v) is 5.35. The zero-order valence-electron chi connectivity index (χ0n) is 16.7. The molecule has 0 saturated heterocycles. The van der Waals surface area contributed by atoms with Crippen molar-refractivity contribution in [3.05, 3.63) is 71.8 Å². The zero-order chi connectivity index (χ0) is 18.8. The van der Waals surface area contributed by atoms with Gasteiger partial charge in [-0.1, -0.05) is 67.6 Å². The van der Waals surface area contributed by atoms with Crippen molar-refractivity contribution in [2.75, 3.05) is 32.8 Å². The fourth-order valence-electron chi connectivity index (χ4n) is 3.62. The summed E-state index contributed by atoms with van der Waals surface area (Å²) in [5, 5.41) is 0. The number of rotatable bonds is 10. The van der Waals surface area contributed by atoms with Crippen molar-refractivity contribution < 1.29 is 31.0 Å². The largest absolute Gasteiger partial charge is 1.00 e. The second-order valence-electron chi connectivity index (χ2n) is 6.84. The number of quaternary nitrogens is 1. The molecule has 2 rings (SSSR count). The number of benzene rings is 2. The van der Waals surface area contributed by atoms with Gasteiger partial charge < -0.3 is 26.2 Å². The Balaban J connectivity index is 0.00000364. The molecule has 3 nitrogen and oxygen atoms in total. The van der Waals surface area contributed by atoms with Crippen LogP contribution in [0.5, 0.6) is 0 Å². The Morgan fingerprint density at radius 1 is 0.852 bits per heavy atom. The molecule has 4 heteroatoms. The zero-order valence-corrected chi connectivity index (χ0v) is 18.3. The summed E-state index contributed by atoms with van der Waals surface area (Å²) in [5.74, 6) is -0.530. The van der Waals surface area contributed by atoms with Crippen LogP contribution in [0, 0.1) is 0 Å². The first-order valence-electron chi connectivity index (χ1n) is 9.77. The van der Waals surface area contributed by atoms with Gasteiger partial charge in [0.15, 0.2) is 0 Å². The highest BCUT2D eigenvalue weighted by Gasteiger charge is 2.26. The molecule has 0 aromatic heterocycles. The molecule has 0 spiro atoms. The van der Waals surface area contributed by atoms with Gasteiger partial charge in [0.2, 0.25) is 0 Å². The second-order valence-corrected chi connectivity index (χ2v) is 6.84. The van der Waals surface area contributed by atoms with E-state index < -0.39 is 0 Å². The van der Waals surface area contributed by atoms with Gasteiger partial charge >= 0.3 is 5.97 Å². The number of carbonyl (C=O) groups is 1. The lowest BCUT2D eigenvalue weighted by atomic mass is 9.91. The van der Waals surface area contributed by atoms with Crippen molar-refractivity contribution in [1.82, 2.24) is 0 Å². The van der Waals surface area contributed by atoms with Crippen LogP contribution in [0.3, 0.4) is 0 Å². The van der Waals surface area contributed by atoms with Gasteiger partial charge in [0, 0.05) is 0 Å². The smallest absolute Gasteiger partial charge is 0.318 e. The maximum Gasteiger partial charge on any atom is 0.318 e. The Bertz CT molecular complexity index is 617. The number of hydrogen-bond donors (Lipinski definition) is 0. The van der Waals surface area contributed by atoms with Crippen molar-refractivity contribution in [1.29, 1.82) is 0 Å². The summed E-state index contributed by atoms with van der Waals surface area (Å²) >= 11 is 0. The fraction of sp³-hybridized carbons (Fsp3) is 0.435. The van der Waals surface area contributed by atoms with Gasteiger partial charge in [-0.05, 0) is 31.4 Å². The fourth-order valence-corrected chi connectivity index (χ4v) is 3.62. The van der Waals surface area contributed by atoms with Crippen molar-refractivity contribution in [3.63, 3.8) is 0 Å². The molecule has 0 atom stereocenters. The number of likely N-dealkylation sites (N-methyl/N-ethyl adjacent to an activating group) is 1. The number of carbonyl (C=O) groups excluding carboxylic acids is 1. The minimum absolute atomic E-state index is 0. The molecular weight excluding hydrogens is 402 g/mol. The van der Waals surface area contributed by atoms with Gasteiger partial charge in [0.05, 0.1) is 19.6 Å². The highest BCUT2D eigenvalue weighted by atomic mass is 79.9. The Labute approximate surface area is 174 Å². The lowest BCUT2D eigenvalue weighted by Crippen LogP contribution is -3.00. The third-order valence-electron chi connectivity index (χ3n) is 5.35. The normalized spacial score (nSPS) is 11.1. The lowest BCUT2D eigenvalue weighted by Gasteiger charge is -2.36. The molecule has 0 aliphatic heterocycles. The number of hydrogen-bond acceptors (Lipinski definition) is 2. The van der Waals surface area contributed by atoms with Gasteiger partial charge in [-0.2, -0.15) is 0 Å². The van der Waals surface area contributed by atoms with E-state index in [0.717, 1.165) is 48.2 Å². The van der Waals surface area contributed by atoms with Crippen LogP contribution in [0.1, 0.15) is 44.2 Å². The maximum atomic E-state index is 12.9. The molecule has 27 heavy (non-hydrogen) atoms. The van der Waals surface area contributed by atoms with E-state index in [0.29, 0.717) is 6.61 Å². The molecule has 0 unspecified atom stereocenters. The molecule has 2 aromatic carbocycles. The molecule has 0 heterocycles. The Hall–Kier alpha value is -1.65. The van der Waals surface area contributed by atoms with E-state index in [4.69, 9.17) is 4.74 Å². The molecule has 0 aliphatic rings. The van der Waals surface area contributed by atoms with Crippen LogP contribution < -0.4 is 17.0 Å². The van der Waals surface area contributed by atoms with Gasteiger partial charge in [-0.15, -0.1) is 0 Å². The van der Waals surface area contributed by atoms with E-state index in [1.165, 1.54) is 0 Å². The molecule has 0 saturated carbocycles. The van der Waals surface area contributed by atoms with Gasteiger partial charge in [-0.25, -0.2) is 0 Å². The number of halogens is 1. The molecule has 0 bridgehead atoms. The van der Waals surface area contributed by atoms with E-state index in [2.05, 4.69) is 20.8 Å². The van der Waals surface area contributed by atoms with E-state index in [1.807, 2.05) is 60.7 Å².